The zero-order valence-corrected chi connectivity index (χ0v) is 15.4. The van der Waals surface area contributed by atoms with Crippen molar-refractivity contribution in [2.45, 2.75) is 45.1 Å². The van der Waals surface area contributed by atoms with E-state index in [-0.39, 0.29) is 5.56 Å². The third-order valence-corrected chi connectivity index (χ3v) is 4.92. The van der Waals surface area contributed by atoms with Gasteiger partial charge in [0.05, 0.1) is 5.52 Å². The highest BCUT2D eigenvalue weighted by molar-refractivity contribution is 7.98. The lowest BCUT2D eigenvalue weighted by atomic mass is 10.2. The zero-order valence-electron chi connectivity index (χ0n) is 14.6. The van der Waals surface area contributed by atoms with E-state index < -0.39 is 0 Å². The lowest BCUT2D eigenvalue weighted by Crippen LogP contribution is -2.25. The van der Waals surface area contributed by atoms with Crippen LogP contribution in [-0.2, 0) is 12.3 Å². The van der Waals surface area contributed by atoms with Crippen molar-refractivity contribution >= 4 is 22.8 Å². The highest BCUT2D eigenvalue weighted by Crippen LogP contribution is 2.23. The molecule has 0 saturated heterocycles. The van der Waals surface area contributed by atoms with Crippen molar-refractivity contribution in [3.63, 3.8) is 0 Å². The van der Waals surface area contributed by atoms with Crippen molar-refractivity contribution in [3.05, 3.63) is 57.5 Å². The Morgan fingerprint density at radius 2 is 1.92 bits per heavy atom. The molecule has 1 aromatic carbocycles. The first-order chi connectivity index (χ1) is 11.4. The Balaban J connectivity index is 1.97. The van der Waals surface area contributed by atoms with Gasteiger partial charge in [-0.25, -0.2) is 4.98 Å². The Labute approximate surface area is 146 Å². The molecule has 3 rings (SSSR count). The number of hydrogen-bond acceptors (Lipinski definition) is 3. The van der Waals surface area contributed by atoms with Crippen LogP contribution in [0.4, 0.5) is 0 Å². The van der Waals surface area contributed by atoms with Gasteiger partial charge in [0.2, 0.25) is 0 Å². The van der Waals surface area contributed by atoms with Crippen LogP contribution in [0.25, 0.3) is 11.0 Å². The van der Waals surface area contributed by atoms with Crippen LogP contribution < -0.4 is 5.56 Å². The molecule has 5 heteroatoms. The number of nitrogens with zero attached hydrogens (tertiary/aromatic N) is 2. The Morgan fingerprint density at radius 3 is 2.58 bits per heavy atom. The molecule has 2 aromatic heterocycles. The quantitative estimate of drug-likeness (QED) is 0.556. The van der Waals surface area contributed by atoms with Crippen LogP contribution in [0.15, 0.2) is 40.3 Å². The molecule has 2 heterocycles. The molecule has 0 fully saturated rings. The third-order valence-electron chi connectivity index (χ3n) is 3.87. The fourth-order valence-corrected chi connectivity index (χ4v) is 3.64. The van der Waals surface area contributed by atoms with Crippen molar-refractivity contribution in [3.8, 4) is 0 Å². The van der Waals surface area contributed by atoms with E-state index in [1.54, 1.807) is 11.8 Å². The summed E-state index contributed by atoms with van der Waals surface area (Å²) in [4.78, 5) is 20.7. The summed E-state index contributed by atoms with van der Waals surface area (Å²) < 4.78 is 1.81. The maximum Gasteiger partial charge on any atom is 0.278 e. The normalized spacial score (nSPS) is 11.5. The second-order valence-corrected chi connectivity index (χ2v) is 7.63. The number of rotatable bonds is 5. The van der Waals surface area contributed by atoms with Gasteiger partial charge < -0.3 is 4.98 Å². The van der Waals surface area contributed by atoms with Gasteiger partial charge in [0.1, 0.15) is 5.52 Å². The number of nitrogens with one attached hydrogen (secondary N) is 1. The van der Waals surface area contributed by atoms with Crippen molar-refractivity contribution in [1.82, 2.24) is 14.5 Å². The number of H-pyrrole nitrogens is 1. The molecule has 0 aliphatic carbocycles. The molecule has 4 nitrogen and oxygen atoms in total. The van der Waals surface area contributed by atoms with Gasteiger partial charge in [-0.1, -0.05) is 55.4 Å². The average molecular weight is 341 g/mol. The summed E-state index contributed by atoms with van der Waals surface area (Å²) in [5, 5.41) is 0.792. The summed E-state index contributed by atoms with van der Waals surface area (Å²) >= 11 is 1.62. The highest BCUT2D eigenvalue weighted by atomic mass is 32.2. The molecule has 126 valence electrons. The summed E-state index contributed by atoms with van der Waals surface area (Å²) in [6.07, 6.45) is 0. The molecule has 3 aromatic rings. The Bertz CT molecular complexity index is 907. The SMILES string of the molecule is Cc1ccc(CSc2nc3cc(C)[nH]c3c(=O)n2CC(C)C)cc1. The zero-order chi connectivity index (χ0) is 17.3. The van der Waals surface area contributed by atoms with Crippen molar-refractivity contribution in [2.24, 2.45) is 5.92 Å². The molecular weight excluding hydrogens is 318 g/mol. The molecule has 1 N–H and O–H groups in total. The lowest BCUT2D eigenvalue weighted by molar-refractivity contribution is 0.475. The molecule has 0 unspecified atom stereocenters. The molecule has 0 radical (unpaired) electrons. The average Bonchev–Trinajstić information content (AvgIpc) is 2.90. The largest absolute Gasteiger partial charge is 0.353 e. The predicted molar refractivity (Wildman–Crippen MR) is 101 cm³/mol. The van der Waals surface area contributed by atoms with E-state index in [0.717, 1.165) is 22.1 Å². The van der Waals surface area contributed by atoms with Gasteiger partial charge in [-0.05, 0) is 31.4 Å². The van der Waals surface area contributed by atoms with Crippen molar-refractivity contribution < 1.29 is 0 Å². The van der Waals surface area contributed by atoms with Crippen LogP contribution in [0, 0.1) is 19.8 Å². The van der Waals surface area contributed by atoms with Crippen LogP contribution in [0.1, 0.15) is 30.7 Å². The minimum absolute atomic E-state index is 0.0215. The number of thioether (sulfide) groups is 1. The molecular formula is C19H23N3OS. The molecule has 24 heavy (non-hydrogen) atoms. The predicted octanol–water partition coefficient (Wildman–Crippen LogP) is 4.29. The van der Waals surface area contributed by atoms with E-state index in [4.69, 9.17) is 4.98 Å². The van der Waals surface area contributed by atoms with Gasteiger partial charge >= 0.3 is 0 Å². The summed E-state index contributed by atoms with van der Waals surface area (Å²) in [6.45, 7) is 8.94. The number of aromatic amines is 1. The summed E-state index contributed by atoms with van der Waals surface area (Å²) in [7, 11) is 0. The monoisotopic (exact) mass is 341 g/mol. The van der Waals surface area contributed by atoms with Gasteiger partial charge in [-0.2, -0.15) is 0 Å². The Kier molecular flexibility index (Phi) is 4.81. The Hall–Kier alpha value is -2.01. The fourth-order valence-electron chi connectivity index (χ4n) is 2.68. The summed E-state index contributed by atoms with van der Waals surface area (Å²) in [6, 6.07) is 10.4. The maximum absolute atomic E-state index is 12.8. The minimum atomic E-state index is 0.0215. The van der Waals surface area contributed by atoms with Crippen LogP contribution in [-0.4, -0.2) is 14.5 Å². The number of aryl methyl sites for hydroxylation is 2. The first-order valence-corrected chi connectivity index (χ1v) is 9.21. The molecule has 0 amide bonds. The van der Waals surface area contributed by atoms with Crippen molar-refractivity contribution in [2.75, 3.05) is 0 Å². The number of aromatic nitrogens is 3. The molecule has 0 saturated carbocycles. The molecule has 0 aliphatic rings. The van der Waals surface area contributed by atoms with Crippen LogP contribution >= 0.6 is 11.8 Å². The molecule has 0 atom stereocenters. The fraction of sp³-hybridized carbons (Fsp3) is 0.368. The van der Waals surface area contributed by atoms with Gasteiger partial charge in [-0.3, -0.25) is 9.36 Å². The van der Waals surface area contributed by atoms with E-state index in [1.165, 1.54) is 11.1 Å². The number of benzene rings is 1. The Morgan fingerprint density at radius 1 is 1.21 bits per heavy atom. The maximum atomic E-state index is 12.8. The smallest absolute Gasteiger partial charge is 0.278 e. The van der Waals surface area contributed by atoms with E-state index >= 15 is 0 Å². The summed E-state index contributed by atoms with van der Waals surface area (Å²) in [5.74, 6) is 1.19. The lowest BCUT2D eigenvalue weighted by Gasteiger charge is -2.14. The van der Waals surface area contributed by atoms with E-state index in [2.05, 4.69) is 50.0 Å². The topological polar surface area (TPSA) is 50.7 Å². The molecule has 0 spiro atoms. The van der Waals surface area contributed by atoms with Crippen LogP contribution in [0.2, 0.25) is 0 Å². The molecule has 0 bridgehead atoms. The third kappa shape index (κ3) is 3.56. The van der Waals surface area contributed by atoms with Crippen LogP contribution in [0.5, 0.6) is 0 Å². The van der Waals surface area contributed by atoms with Crippen molar-refractivity contribution in [1.29, 1.82) is 0 Å². The first kappa shape index (κ1) is 16.8. The van der Waals surface area contributed by atoms with E-state index in [9.17, 15) is 4.79 Å². The second kappa shape index (κ2) is 6.85. The van der Waals surface area contributed by atoms with Gasteiger partial charge in [0.15, 0.2) is 5.16 Å². The van der Waals surface area contributed by atoms with Gasteiger partial charge in [0.25, 0.3) is 5.56 Å². The van der Waals surface area contributed by atoms with Crippen LogP contribution in [0.3, 0.4) is 0 Å². The number of fused-ring (bicyclic) bond motifs is 1. The van der Waals surface area contributed by atoms with Gasteiger partial charge in [-0.15, -0.1) is 0 Å². The van der Waals surface area contributed by atoms with Gasteiger partial charge in [0, 0.05) is 18.0 Å². The van der Waals surface area contributed by atoms with E-state index in [1.807, 2.05) is 17.6 Å². The highest BCUT2D eigenvalue weighted by Gasteiger charge is 2.14. The minimum Gasteiger partial charge on any atom is -0.353 e. The van der Waals surface area contributed by atoms with E-state index in [0.29, 0.717) is 18.0 Å². The standard InChI is InChI=1S/C19H23N3OS/c1-12(2)10-22-18(23)17-16(9-14(4)20-17)21-19(22)24-11-15-7-5-13(3)6-8-15/h5-9,12,20H,10-11H2,1-4H3. The molecule has 0 aliphatic heterocycles. The number of hydrogen-bond donors (Lipinski definition) is 1. The second-order valence-electron chi connectivity index (χ2n) is 6.69. The summed E-state index contributed by atoms with van der Waals surface area (Å²) in [5.41, 5.74) is 4.83. The first-order valence-electron chi connectivity index (χ1n) is 8.22.